The summed E-state index contributed by atoms with van der Waals surface area (Å²) in [4.78, 5) is 80.5. The predicted molar refractivity (Wildman–Crippen MR) is 180 cm³/mol. The molecule has 1 aromatic carbocycles. The highest BCUT2D eigenvalue weighted by atomic mass is 16.7. The van der Waals surface area contributed by atoms with Crippen LogP contribution in [0.1, 0.15) is 89.1 Å². The van der Waals surface area contributed by atoms with Gasteiger partial charge in [0.15, 0.2) is 17.8 Å². The lowest BCUT2D eigenvalue weighted by molar-refractivity contribution is -0.363. The highest BCUT2D eigenvalue weighted by Crippen LogP contribution is 2.69. The molecule has 1 aliphatic heterocycles. The maximum absolute atomic E-state index is 14.0. The van der Waals surface area contributed by atoms with Crippen LogP contribution in [0.15, 0.2) is 53.1 Å². The van der Waals surface area contributed by atoms with Crippen LogP contribution in [-0.2, 0) is 52.3 Å². The quantitative estimate of drug-likeness (QED) is 0.258. The highest BCUT2D eigenvalue weighted by molar-refractivity contribution is 5.90. The van der Waals surface area contributed by atoms with Crippen molar-refractivity contribution in [2.24, 2.45) is 17.3 Å². The summed E-state index contributed by atoms with van der Waals surface area (Å²) in [6.07, 6.45) is -7.16. The van der Waals surface area contributed by atoms with Crippen molar-refractivity contribution in [2.75, 3.05) is 6.61 Å². The predicted octanol–water partition coefficient (Wildman–Crippen LogP) is 3.73. The highest BCUT2D eigenvalue weighted by Gasteiger charge is 2.89. The molecule has 2 heterocycles. The third-order valence-corrected chi connectivity index (χ3v) is 10.6. The average molecular weight is 743 g/mol. The lowest BCUT2D eigenvalue weighted by atomic mass is 9.45. The van der Waals surface area contributed by atoms with Crippen molar-refractivity contribution in [1.82, 2.24) is 0 Å². The molecule has 15 heteroatoms. The maximum atomic E-state index is 14.0. The van der Waals surface area contributed by atoms with Gasteiger partial charge in [-0.05, 0) is 51.5 Å². The first-order valence-corrected chi connectivity index (χ1v) is 17.4. The summed E-state index contributed by atoms with van der Waals surface area (Å²) in [7, 11) is 0. The smallest absolute Gasteiger partial charge is 0.374 e. The molecule has 2 bridgehead atoms. The Kier molecular flexibility index (Phi) is 10.8. The van der Waals surface area contributed by atoms with Crippen LogP contribution in [0, 0.1) is 17.3 Å². The molecule has 15 nitrogen and oxygen atoms in total. The van der Waals surface area contributed by atoms with E-state index in [9.17, 15) is 33.9 Å². The van der Waals surface area contributed by atoms with Gasteiger partial charge in [0, 0.05) is 27.2 Å². The van der Waals surface area contributed by atoms with Crippen molar-refractivity contribution >= 4 is 35.8 Å². The third-order valence-electron chi connectivity index (χ3n) is 10.6. The van der Waals surface area contributed by atoms with E-state index in [0.717, 1.165) is 20.8 Å². The Morgan fingerprint density at radius 1 is 0.811 bits per heavy atom. The minimum atomic E-state index is -2.35. The third kappa shape index (κ3) is 6.80. The van der Waals surface area contributed by atoms with Gasteiger partial charge in [-0.1, -0.05) is 32.0 Å². The summed E-state index contributed by atoms with van der Waals surface area (Å²) in [5, 5.41) is 12.8. The number of rotatable bonds is 11. The van der Waals surface area contributed by atoms with E-state index in [1.807, 2.05) is 0 Å². The SMILES string of the molecule is CCC(C)C(=O)OCC12C(OC(C)=O)C(OC(C)=O)CC(C)(O)C13OC(C)(C)C(C(OC(=O)c1ccccc1)C2OC(=O)c1ccco1)C3OC(C)=O. The number of furan rings is 1. The van der Waals surface area contributed by atoms with Crippen LogP contribution < -0.4 is 0 Å². The van der Waals surface area contributed by atoms with Gasteiger partial charge in [-0.3, -0.25) is 19.2 Å². The van der Waals surface area contributed by atoms with E-state index in [0.29, 0.717) is 6.42 Å². The van der Waals surface area contributed by atoms with Crippen molar-refractivity contribution in [1.29, 1.82) is 0 Å². The van der Waals surface area contributed by atoms with Crippen LogP contribution in [0.25, 0.3) is 0 Å². The van der Waals surface area contributed by atoms with Crippen molar-refractivity contribution in [3.63, 3.8) is 0 Å². The van der Waals surface area contributed by atoms with Crippen LogP contribution in [-0.4, -0.2) is 94.9 Å². The first-order valence-electron chi connectivity index (χ1n) is 17.4. The summed E-state index contributed by atoms with van der Waals surface area (Å²) >= 11 is 0. The zero-order valence-corrected chi connectivity index (χ0v) is 30.9. The second kappa shape index (κ2) is 14.6. The van der Waals surface area contributed by atoms with Crippen LogP contribution >= 0.6 is 0 Å². The number of fused-ring (bicyclic) bond motifs is 1. The van der Waals surface area contributed by atoms with E-state index in [4.69, 9.17) is 37.6 Å². The normalized spacial score (nSPS) is 33.0. The molecule has 1 N–H and O–H groups in total. The molecule has 2 aromatic rings. The molecule has 288 valence electrons. The monoisotopic (exact) mass is 742 g/mol. The molecule has 5 rings (SSSR count). The number of carbonyl (C=O) groups is 6. The minimum absolute atomic E-state index is 0.100. The largest absolute Gasteiger partial charge is 0.464 e. The van der Waals surface area contributed by atoms with Crippen LogP contribution in [0.2, 0.25) is 0 Å². The fourth-order valence-corrected chi connectivity index (χ4v) is 8.48. The molecule has 3 fully saturated rings. The summed E-state index contributed by atoms with van der Waals surface area (Å²) in [6.45, 7) is 10.4. The van der Waals surface area contributed by atoms with Crippen LogP contribution in [0.5, 0.6) is 0 Å². The molecular weight excluding hydrogens is 696 g/mol. The Morgan fingerprint density at radius 2 is 1.43 bits per heavy atom. The first-order chi connectivity index (χ1) is 24.8. The average Bonchev–Trinajstić information content (AvgIpc) is 3.68. The molecule has 3 aliphatic rings. The number of hydrogen-bond donors (Lipinski definition) is 1. The van der Waals surface area contributed by atoms with Gasteiger partial charge in [0.2, 0.25) is 5.76 Å². The summed E-state index contributed by atoms with van der Waals surface area (Å²) in [5.41, 5.74) is -8.22. The van der Waals surface area contributed by atoms with Crippen LogP contribution in [0.4, 0.5) is 0 Å². The van der Waals surface area contributed by atoms with E-state index in [2.05, 4.69) is 0 Å². The van der Waals surface area contributed by atoms with Crippen molar-refractivity contribution in [2.45, 2.75) is 116 Å². The van der Waals surface area contributed by atoms with Crippen molar-refractivity contribution < 1.29 is 71.4 Å². The number of ether oxygens (including phenoxy) is 7. The van der Waals surface area contributed by atoms with Crippen molar-refractivity contribution in [3.8, 4) is 0 Å². The zero-order valence-electron chi connectivity index (χ0n) is 30.9. The van der Waals surface area contributed by atoms with Gasteiger partial charge in [-0.25, -0.2) is 9.59 Å². The van der Waals surface area contributed by atoms with E-state index >= 15 is 0 Å². The summed E-state index contributed by atoms with van der Waals surface area (Å²) in [6, 6.07) is 10.6. The van der Waals surface area contributed by atoms with Gasteiger partial charge in [0.25, 0.3) is 0 Å². The molecule has 2 saturated carbocycles. The van der Waals surface area contributed by atoms with Gasteiger partial charge < -0.3 is 42.7 Å². The first kappa shape index (κ1) is 39.4. The van der Waals surface area contributed by atoms with E-state index in [-0.39, 0.29) is 11.3 Å². The lowest BCUT2D eigenvalue weighted by Crippen LogP contribution is -2.85. The molecule has 1 saturated heterocycles. The standard InChI is InChI=1S/C38H46O15/c1-9-20(2)32(42)47-19-37-29(49-22(4)40)26(48-21(3)39)18-36(8,45)38(37)30(50-23(5)41)27(35(6,7)53-38)28(51-33(43)24-14-11-10-12-15-24)31(37)52-34(44)25-16-13-17-46-25/h10-17,20,26-31,45H,9,18-19H2,1-8H3. The molecule has 53 heavy (non-hydrogen) atoms. The summed E-state index contributed by atoms with van der Waals surface area (Å²) in [5.74, 6) is -7.41. The van der Waals surface area contributed by atoms with Gasteiger partial charge >= 0.3 is 35.8 Å². The second-order valence-corrected chi connectivity index (χ2v) is 14.6. The maximum Gasteiger partial charge on any atom is 0.374 e. The van der Waals surface area contributed by atoms with E-state index in [1.165, 1.54) is 37.5 Å². The van der Waals surface area contributed by atoms with Gasteiger partial charge in [0.05, 0.1) is 34.9 Å². The number of aliphatic hydroxyl groups is 1. The molecule has 10 atom stereocenters. The minimum Gasteiger partial charge on any atom is -0.464 e. The number of benzene rings is 1. The lowest BCUT2D eigenvalue weighted by Gasteiger charge is -2.66. The molecule has 0 radical (unpaired) electrons. The number of hydrogen-bond acceptors (Lipinski definition) is 15. The molecule has 10 unspecified atom stereocenters. The summed E-state index contributed by atoms with van der Waals surface area (Å²) < 4.78 is 48.7. The van der Waals surface area contributed by atoms with Gasteiger partial charge in [-0.2, -0.15) is 0 Å². The molecule has 2 aliphatic carbocycles. The van der Waals surface area contributed by atoms with Gasteiger partial charge in [-0.15, -0.1) is 0 Å². The topological polar surface area (TPSA) is 200 Å². The van der Waals surface area contributed by atoms with E-state index < -0.39 is 113 Å². The Morgan fingerprint density at radius 3 is 2.00 bits per heavy atom. The van der Waals surface area contributed by atoms with Crippen LogP contribution in [0.3, 0.4) is 0 Å². The Hall–Kier alpha value is -4.76. The number of esters is 6. The van der Waals surface area contributed by atoms with E-state index in [1.54, 1.807) is 45.9 Å². The second-order valence-electron chi connectivity index (χ2n) is 14.6. The molecule has 1 spiro atoms. The molecule has 0 amide bonds. The molecule has 1 aromatic heterocycles. The Bertz CT molecular complexity index is 1720. The Labute approximate surface area is 306 Å². The fourth-order valence-electron chi connectivity index (χ4n) is 8.48. The molecular formula is C38H46O15. The van der Waals surface area contributed by atoms with Crippen molar-refractivity contribution in [3.05, 3.63) is 60.1 Å². The van der Waals surface area contributed by atoms with Gasteiger partial charge in [0.1, 0.15) is 30.3 Å². The zero-order chi connectivity index (χ0) is 39.1. The Balaban J connectivity index is 1.91. The fraction of sp³-hybridized carbons (Fsp3) is 0.579. The number of carbonyl (C=O) groups excluding carboxylic acids is 6.